The lowest BCUT2D eigenvalue weighted by molar-refractivity contribution is -0.137. The lowest BCUT2D eigenvalue weighted by atomic mass is 9.80. The van der Waals surface area contributed by atoms with Crippen LogP contribution in [0.15, 0.2) is 58.2 Å². The molecule has 0 atom stereocenters. The van der Waals surface area contributed by atoms with E-state index in [2.05, 4.69) is 39.8 Å². The molecule has 0 aromatic carbocycles. The van der Waals surface area contributed by atoms with Crippen molar-refractivity contribution in [2.45, 2.75) is 67.2 Å². The van der Waals surface area contributed by atoms with Gasteiger partial charge in [0.25, 0.3) is 0 Å². The zero-order valence-electron chi connectivity index (χ0n) is 16.8. The molecule has 1 aliphatic rings. The second-order valence-corrected chi connectivity index (χ2v) is 6.96. The highest BCUT2D eigenvalue weighted by molar-refractivity contribution is 5.83. The van der Waals surface area contributed by atoms with Gasteiger partial charge >= 0.3 is 5.97 Å². The van der Waals surface area contributed by atoms with E-state index >= 15 is 0 Å². The third kappa shape index (κ3) is 7.29. The minimum Gasteiger partial charge on any atom is -0.463 e. The van der Waals surface area contributed by atoms with Crippen molar-refractivity contribution in [2.75, 3.05) is 6.61 Å². The first-order valence-electron chi connectivity index (χ1n) is 9.51. The number of esters is 1. The fraction of sp³-hybridized carbons (Fsp3) is 0.522. The highest BCUT2D eigenvalue weighted by Crippen LogP contribution is 2.36. The Hall–Kier alpha value is -1.83. The normalized spacial score (nSPS) is 18.6. The third-order valence-electron chi connectivity index (χ3n) is 4.41. The van der Waals surface area contributed by atoms with E-state index in [4.69, 9.17) is 4.74 Å². The molecule has 0 aromatic rings. The highest BCUT2D eigenvalue weighted by Gasteiger charge is 2.18. The van der Waals surface area contributed by atoms with E-state index in [0.717, 1.165) is 12.0 Å². The number of ether oxygens (including phenoxy) is 1. The molecule has 25 heavy (non-hydrogen) atoms. The minimum atomic E-state index is -0.284. The second kappa shape index (κ2) is 10.9. The Balaban J connectivity index is 2.90. The standard InChI is InChI=1S/C23H34O2/c1-7-20-13-10-14-21(23(20)17(3)4)15-18(5)11-9-12-19(6)16-22(24)25-8-2/h9,11-12,15-17H,7-8,10,13-14H2,1-6H3/b12-9+,18-11+,19-16+,21-15+. The van der Waals surface area contributed by atoms with Gasteiger partial charge in [-0.25, -0.2) is 4.79 Å². The van der Waals surface area contributed by atoms with Crippen molar-refractivity contribution in [3.63, 3.8) is 0 Å². The van der Waals surface area contributed by atoms with Crippen LogP contribution in [0, 0.1) is 5.92 Å². The fourth-order valence-electron chi connectivity index (χ4n) is 3.38. The summed E-state index contributed by atoms with van der Waals surface area (Å²) in [6, 6.07) is 0. The first-order chi connectivity index (χ1) is 11.9. The van der Waals surface area contributed by atoms with Gasteiger partial charge in [0, 0.05) is 6.08 Å². The van der Waals surface area contributed by atoms with Crippen LogP contribution in [0.1, 0.15) is 67.2 Å². The van der Waals surface area contributed by atoms with Gasteiger partial charge in [0.15, 0.2) is 0 Å². The fourth-order valence-corrected chi connectivity index (χ4v) is 3.38. The molecule has 0 fully saturated rings. The van der Waals surface area contributed by atoms with E-state index in [0.29, 0.717) is 12.5 Å². The lowest BCUT2D eigenvalue weighted by Gasteiger charge is -2.26. The molecule has 0 saturated heterocycles. The Morgan fingerprint density at radius 2 is 1.88 bits per heavy atom. The summed E-state index contributed by atoms with van der Waals surface area (Å²) in [7, 11) is 0. The molecule has 0 spiro atoms. The van der Waals surface area contributed by atoms with Gasteiger partial charge in [0.05, 0.1) is 6.61 Å². The van der Waals surface area contributed by atoms with E-state index in [1.54, 1.807) is 11.1 Å². The number of rotatable bonds is 7. The molecule has 138 valence electrons. The summed E-state index contributed by atoms with van der Waals surface area (Å²) < 4.78 is 4.92. The summed E-state index contributed by atoms with van der Waals surface area (Å²) in [5.74, 6) is 0.299. The monoisotopic (exact) mass is 342 g/mol. The van der Waals surface area contributed by atoms with Crippen molar-refractivity contribution >= 4 is 5.97 Å². The molecule has 0 aliphatic heterocycles. The maximum atomic E-state index is 11.4. The molecule has 2 nitrogen and oxygen atoms in total. The molecule has 0 bridgehead atoms. The van der Waals surface area contributed by atoms with Crippen molar-refractivity contribution in [2.24, 2.45) is 5.92 Å². The lowest BCUT2D eigenvalue weighted by Crippen LogP contribution is -2.08. The number of allylic oxidation sites excluding steroid dienone is 9. The van der Waals surface area contributed by atoms with Crippen LogP contribution in [0.5, 0.6) is 0 Å². The topological polar surface area (TPSA) is 26.3 Å². The Labute approximate surface area is 154 Å². The van der Waals surface area contributed by atoms with E-state index < -0.39 is 0 Å². The zero-order valence-corrected chi connectivity index (χ0v) is 16.8. The van der Waals surface area contributed by atoms with Gasteiger partial charge in [-0.15, -0.1) is 0 Å². The van der Waals surface area contributed by atoms with Gasteiger partial charge in [-0.05, 0) is 69.1 Å². The van der Waals surface area contributed by atoms with Crippen molar-refractivity contribution in [1.82, 2.24) is 0 Å². The molecule has 0 heterocycles. The Morgan fingerprint density at radius 3 is 2.48 bits per heavy atom. The van der Waals surface area contributed by atoms with Gasteiger partial charge in [0.2, 0.25) is 0 Å². The molecule has 2 heteroatoms. The highest BCUT2D eigenvalue weighted by atomic mass is 16.5. The molecule has 0 radical (unpaired) electrons. The molecule has 0 aromatic heterocycles. The molecule has 1 rings (SSSR count). The van der Waals surface area contributed by atoms with Crippen LogP contribution in [0.3, 0.4) is 0 Å². The van der Waals surface area contributed by atoms with E-state index in [1.807, 2.05) is 26.0 Å². The van der Waals surface area contributed by atoms with Gasteiger partial charge in [0.1, 0.15) is 0 Å². The molecular weight excluding hydrogens is 308 g/mol. The predicted molar refractivity (Wildman–Crippen MR) is 107 cm³/mol. The van der Waals surface area contributed by atoms with Gasteiger partial charge in [-0.3, -0.25) is 0 Å². The van der Waals surface area contributed by atoms with Crippen molar-refractivity contribution in [1.29, 1.82) is 0 Å². The summed E-state index contributed by atoms with van der Waals surface area (Å²) >= 11 is 0. The second-order valence-electron chi connectivity index (χ2n) is 6.96. The Morgan fingerprint density at radius 1 is 1.16 bits per heavy atom. The van der Waals surface area contributed by atoms with Crippen molar-refractivity contribution in [3.05, 3.63) is 58.2 Å². The molecule has 0 saturated carbocycles. The number of hydrogen-bond acceptors (Lipinski definition) is 2. The summed E-state index contributed by atoms with van der Waals surface area (Å²) in [4.78, 5) is 11.4. The predicted octanol–water partition coefficient (Wildman–Crippen LogP) is 6.47. The third-order valence-corrected chi connectivity index (χ3v) is 4.41. The first kappa shape index (κ1) is 21.2. The molecule has 1 aliphatic carbocycles. The van der Waals surface area contributed by atoms with Crippen LogP contribution in [-0.4, -0.2) is 12.6 Å². The zero-order chi connectivity index (χ0) is 18.8. The Kier molecular flexibility index (Phi) is 9.26. The maximum absolute atomic E-state index is 11.4. The Bertz CT molecular complexity index is 610. The van der Waals surface area contributed by atoms with Crippen LogP contribution in [0.2, 0.25) is 0 Å². The number of carbonyl (C=O) groups excluding carboxylic acids is 1. The quantitative estimate of drug-likeness (QED) is 0.301. The molecular formula is C23H34O2. The van der Waals surface area contributed by atoms with Crippen LogP contribution >= 0.6 is 0 Å². The van der Waals surface area contributed by atoms with Crippen LogP contribution in [0.25, 0.3) is 0 Å². The summed E-state index contributed by atoms with van der Waals surface area (Å²) in [5, 5.41) is 0. The average Bonchev–Trinajstić information content (AvgIpc) is 2.54. The van der Waals surface area contributed by atoms with Crippen LogP contribution in [-0.2, 0) is 9.53 Å². The molecule has 0 N–H and O–H groups in total. The summed E-state index contributed by atoms with van der Waals surface area (Å²) in [6.07, 6.45) is 14.7. The average molecular weight is 343 g/mol. The minimum absolute atomic E-state index is 0.284. The van der Waals surface area contributed by atoms with Crippen LogP contribution < -0.4 is 0 Å². The summed E-state index contributed by atoms with van der Waals surface area (Å²) in [6.45, 7) is 13.1. The van der Waals surface area contributed by atoms with E-state index in [1.165, 1.54) is 36.5 Å². The maximum Gasteiger partial charge on any atom is 0.330 e. The smallest absolute Gasteiger partial charge is 0.330 e. The SMILES string of the molecule is CCOC(=O)/C=C(C)/C=C/C=C(C)/C=C1\CCCC(CC)=C1C(C)C. The van der Waals surface area contributed by atoms with E-state index in [9.17, 15) is 4.79 Å². The van der Waals surface area contributed by atoms with E-state index in [-0.39, 0.29) is 5.97 Å². The number of hydrogen-bond donors (Lipinski definition) is 0. The van der Waals surface area contributed by atoms with Crippen molar-refractivity contribution < 1.29 is 9.53 Å². The van der Waals surface area contributed by atoms with Gasteiger partial charge < -0.3 is 4.74 Å². The first-order valence-corrected chi connectivity index (χ1v) is 9.51. The molecule has 0 unspecified atom stereocenters. The van der Waals surface area contributed by atoms with Crippen molar-refractivity contribution in [3.8, 4) is 0 Å². The van der Waals surface area contributed by atoms with Crippen LogP contribution in [0.4, 0.5) is 0 Å². The number of carbonyl (C=O) groups is 1. The van der Waals surface area contributed by atoms with Gasteiger partial charge in [-0.1, -0.05) is 56.2 Å². The van der Waals surface area contributed by atoms with Gasteiger partial charge in [-0.2, -0.15) is 0 Å². The largest absolute Gasteiger partial charge is 0.463 e. The summed E-state index contributed by atoms with van der Waals surface area (Å²) in [5.41, 5.74) is 6.83. The molecule has 0 amide bonds.